The molecule has 0 aliphatic carbocycles. The van der Waals surface area contributed by atoms with Crippen molar-refractivity contribution in [1.82, 2.24) is 0 Å². The second kappa shape index (κ2) is 12.8. The zero-order valence-electron chi connectivity index (χ0n) is 32.4. The second-order valence-electron chi connectivity index (χ2n) is 15.9. The van der Waals surface area contributed by atoms with Gasteiger partial charge in [0, 0.05) is 33.0 Å². The Hall–Kier alpha value is -7.94. The summed E-state index contributed by atoms with van der Waals surface area (Å²) in [5.41, 5.74) is 13.3. The van der Waals surface area contributed by atoms with Crippen LogP contribution >= 0.6 is 0 Å². The average molecular weight is 763 g/mol. The van der Waals surface area contributed by atoms with Crippen LogP contribution in [-0.4, -0.2) is 0 Å². The maximum absolute atomic E-state index is 6.62. The molecule has 13 rings (SSSR count). The summed E-state index contributed by atoms with van der Waals surface area (Å²) in [6.45, 7) is 0. The minimum Gasteiger partial charge on any atom is -0.456 e. The van der Waals surface area contributed by atoms with Crippen LogP contribution in [0.5, 0.6) is 0 Å². The van der Waals surface area contributed by atoms with E-state index < -0.39 is 0 Å². The molecule has 13 aromatic rings. The van der Waals surface area contributed by atoms with E-state index in [4.69, 9.17) is 8.83 Å². The maximum atomic E-state index is 6.62. The van der Waals surface area contributed by atoms with E-state index in [1.165, 1.54) is 76.8 Å². The first-order chi connectivity index (χ1) is 29.7. The van der Waals surface area contributed by atoms with Crippen molar-refractivity contribution in [2.45, 2.75) is 0 Å². The highest BCUT2D eigenvalue weighted by atomic mass is 16.3. The Kier molecular flexibility index (Phi) is 7.05. The molecule has 11 aromatic carbocycles. The molecule has 0 aliphatic heterocycles. The molecule has 0 radical (unpaired) electrons. The first kappa shape index (κ1) is 33.1. The number of rotatable bonds is 4. The summed E-state index contributed by atoms with van der Waals surface area (Å²) >= 11 is 0. The first-order valence-corrected chi connectivity index (χ1v) is 20.6. The summed E-state index contributed by atoms with van der Waals surface area (Å²) in [5.74, 6) is 0. The van der Waals surface area contributed by atoms with Crippen LogP contribution in [0.3, 0.4) is 0 Å². The van der Waals surface area contributed by atoms with Gasteiger partial charge in [0.15, 0.2) is 0 Å². The lowest BCUT2D eigenvalue weighted by Gasteiger charge is -2.20. The molecule has 0 aliphatic rings. The van der Waals surface area contributed by atoms with Gasteiger partial charge in [-0.05, 0) is 119 Å². The Morgan fingerprint density at radius 2 is 0.800 bits per heavy atom. The van der Waals surface area contributed by atoms with Crippen molar-refractivity contribution in [2.75, 3.05) is 0 Å². The fourth-order valence-corrected chi connectivity index (χ4v) is 9.93. The molecule has 2 heterocycles. The van der Waals surface area contributed by atoms with Crippen molar-refractivity contribution in [3.8, 4) is 44.5 Å². The molecule has 2 nitrogen and oxygen atoms in total. The monoisotopic (exact) mass is 762 g/mol. The minimum absolute atomic E-state index is 0.837. The van der Waals surface area contributed by atoms with Gasteiger partial charge in [-0.2, -0.15) is 0 Å². The van der Waals surface area contributed by atoms with Gasteiger partial charge < -0.3 is 8.83 Å². The van der Waals surface area contributed by atoms with Gasteiger partial charge in [0.25, 0.3) is 0 Å². The maximum Gasteiger partial charge on any atom is 0.143 e. The van der Waals surface area contributed by atoms with Gasteiger partial charge in [-0.15, -0.1) is 0 Å². The highest BCUT2D eigenvalue weighted by Gasteiger charge is 2.20. The summed E-state index contributed by atoms with van der Waals surface area (Å²) < 4.78 is 12.8. The second-order valence-corrected chi connectivity index (χ2v) is 15.9. The van der Waals surface area contributed by atoms with Gasteiger partial charge in [0.2, 0.25) is 0 Å². The Bertz CT molecular complexity index is 3830. The van der Waals surface area contributed by atoms with Crippen molar-refractivity contribution in [2.24, 2.45) is 0 Å². The van der Waals surface area contributed by atoms with Gasteiger partial charge in [0.1, 0.15) is 22.3 Å². The Balaban J connectivity index is 0.974. The van der Waals surface area contributed by atoms with E-state index in [-0.39, 0.29) is 0 Å². The molecular weight excluding hydrogens is 729 g/mol. The molecule has 2 aromatic heterocycles. The van der Waals surface area contributed by atoms with E-state index in [1.807, 2.05) is 18.2 Å². The van der Waals surface area contributed by atoms with Gasteiger partial charge in [-0.1, -0.05) is 164 Å². The molecule has 0 spiro atoms. The minimum atomic E-state index is 0.837. The Morgan fingerprint density at radius 3 is 1.57 bits per heavy atom. The fraction of sp³-hybridized carbons (Fsp3) is 0. The standard InChI is InChI=1S/C58H34O2/c1-2-13-35(14-3-1)36-15-12-16-39(31-36)56-45-20-6-8-22-47(45)57(48-23-9-7-21-46(48)56)49-30-29-40(42-17-4-5-18-43(42)49)37-25-27-41-38(32-37)26-28-50-52-33-51-44-19-10-11-24-53(44)59-54(51)34-55(52)60-58(41)50/h1-34H. The molecular formula is C58H34O2. The van der Waals surface area contributed by atoms with Gasteiger partial charge in [-0.3, -0.25) is 0 Å². The van der Waals surface area contributed by atoms with Gasteiger partial charge in [0.05, 0.1) is 0 Å². The molecule has 0 bridgehead atoms. The van der Waals surface area contributed by atoms with Gasteiger partial charge >= 0.3 is 0 Å². The van der Waals surface area contributed by atoms with Crippen LogP contribution in [0, 0.1) is 0 Å². The summed E-state index contributed by atoms with van der Waals surface area (Å²) in [5, 5.41) is 14.1. The molecule has 60 heavy (non-hydrogen) atoms. The Labute approximate surface area is 345 Å². The van der Waals surface area contributed by atoms with Crippen molar-refractivity contribution in [1.29, 1.82) is 0 Å². The summed E-state index contributed by atoms with van der Waals surface area (Å²) in [6.07, 6.45) is 0. The van der Waals surface area contributed by atoms with Crippen molar-refractivity contribution >= 4 is 87.0 Å². The van der Waals surface area contributed by atoms with Crippen molar-refractivity contribution < 1.29 is 8.83 Å². The molecule has 0 saturated heterocycles. The van der Waals surface area contributed by atoms with Crippen molar-refractivity contribution in [3.05, 3.63) is 206 Å². The van der Waals surface area contributed by atoms with E-state index in [0.29, 0.717) is 0 Å². The number of hydrogen-bond donors (Lipinski definition) is 0. The van der Waals surface area contributed by atoms with Crippen LogP contribution in [0.4, 0.5) is 0 Å². The molecule has 2 heteroatoms. The third-order valence-corrected chi connectivity index (χ3v) is 12.6. The predicted molar refractivity (Wildman–Crippen MR) is 253 cm³/mol. The van der Waals surface area contributed by atoms with Crippen LogP contribution in [0.2, 0.25) is 0 Å². The van der Waals surface area contributed by atoms with Crippen LogP contribution in [0.1, 0.15) is 0 Å². The van der Waals surface area contributed by atoms with E-state index in [1.54, 1.807) is 0 Å². The summed E-state index contributed by atoms with van der Waals surface area (Å²) in [7, 11) is 0. The lowest BCUT2D eigenvalue weighted by molar-refractivity contribution is 0.658. The van der Waals surface area contributed by atoms with E-state index in [0.717, 1.165) is 54.6 Å². The van der Waals surface area contributed by atoms with Crippen LogP contribution in [-0.2, 0) is 0 Å². The Morgan fingerprint density at radius 1 is 0.233 bits per heavy atom. The molecule has 0 atom stereocenters. The highest BCUT2D eigenvalue weighted by molar-refractivity contribution is 6.25. The quantitative estimate of drug-likeness (QED) is 0.167. The number of furan rings is 2. The number of para-hydroxylation sites is 1. The molecule has 0 fully saturated rings. The van der Waals surface area contributed by atoms with Gasteiger partial charge in [-0.25, -0.2) is 0 Å². The highest BCUT2D eigenvalue weighted by Crippen LogP contribution is 2.47. The van der Waals surface area contributed by atoms with Crippen LogP contribution in [0.25, 0.3) is 131 Å². The summed E-state index contributed by atoms with van der Waals surface area (Å²) in [4.78, 5) is 0. The molecule has 0 unspecified atom stereocenters. The number of fused-ring (bicyclic) bond motifs is 11. The van der Waals surface area contributed by atoms with Crippen LogP contribution < -0.4 is 0 Å². The topological polar surface area (TPSA) is 26.3 Å². The predicted octanol–water partition coefficient (Wildman–Crippen LogP) is 16.8. The first-order valence-electron chi connectivity index (χ1n) is 20.6. The summed E-state index contributed by atoms with van der Waals surface area (Å²) in [6, 6.07) is 74.8. The molecule has 0 saturated carbocycles. The van der Waals surface area contributed by atoms with Crippen molar-refractivity contribution in [3.63, 3.8) is 0 Å². The molecule has 0 amide bonds. The van der Waals surface area contributed by atoms with E-state index in [9.17, 15) is 0 Å². The third-order valence-electron chi connectivity index (χ3n) is 12.6. The molecule has 0 N–H and O–H groups in total. The number of hydrogen-bond acceptors (Lipinski definition) is 2. The zero-order valence-corrected chi connectivity index (χ0v) is 32.4. The SMILES string of the molecule is c1ccc(-c2cccc(-c3c4ccccc4c(-c4ccc(-c5ccc6c(ccc7c8cc9c(cc8oc67)oc6ccccc69)c5)c5ccccc45)c4ccccc34)c2)cc1. The average Bonchev–Trinajstić information content (AvgIpc) is 3.87. The molecule has 278 valence electrons. The van der Waals surface area contributed by atoms with Crippen LogP contribution in [0.15, 0.2) is 215 Å². The number of benzene rings is 11. The lowest BCUT2D eigenvalue weighted by Crippen LogP contribution is -1.92. The zero-order chi connectivity index (χ0) is 39.3. The smallest absolute Gasteiger partial charge is 0.143 e. The fourth-order valence-electron chi connectivity index (χ4n) is 9.93. The normalized spacial score (nSPS) is 12.0. The largest absolute Gasteiger partial charge is 0.456 e. The third kappa shape index (κ3) is 4.88. The lowest BCUT2D eigenvalue weighted by atomic mass is 9.83. The van der Waals surface area contributed by atoms with E-state index in [2.05, 4.69) is 188 Å². The van der Waals surface area contributed by atoms with E-state index >= 15 is 0 Å².